The Kier molecular flexibility index (Phi) is 9.74. The van der Waals surface area contributed by atoms with Crippen LogP contribution in [0.15, 0.2) is 46.0 Å². The minimum atomic E-state index is -1.06. The molecule has 1 aromatic heterocycles. The molecule has 2 aliphatic rings. The summed E-state index contributed by atoms with van der Waals surface area (Å²) in [6.45, 7) is 2.09. The Bertz CT molecular complexity index is 1230. The Hall–Kier alpha value is -2.54. The molecule has 0 saturated carbocycles. The lowest BCUT2D eigenvalue weighted by molar-refractivity contribution is -0.139. The van der Waals surface area contributed by atoms with E-state index < -0.39 is 30.0 Å². The lowest BCUT2D eigenvalue weighted by Crippen LogP contribution is -2.49. The number of alkyl halides is 1. The van der Waals surface area contributed by atoms with Crippen molar-refractivity contribution in [3.05, 3.63) is 62.5 Å². The molecule has 1 aromatic carbocycles. The maximum atomic E-state index is 14.6. The van der Waals surface area contributed by atoms with Crippen molar-refractivity contribution < 1.29 is 28.2 Å². The molecule has 3 unspecified atom stereocenters. The Balaban J connectivity index is 1.76. The quantitative estimate of drug-likeness (QED) is 0.395. The van der Waals surface area contributed by atoms with E-state index in [2.05, 4.69) is 10.3 Å². The minimum Gasteiger partial charge on any atom is -0.481 e. The normalized spacial score (nSPS) is 22.1. The predicted molar refractivity (Wildman–Crippen MR) is 144 cm³/mol. The van der Waals surface area contributed by atoms with Gasteiger partial charge in [0.2, 0.25) is 0 Å². The second kappa shape index (κ2) is 13.0. The highest BCUT2D eigenvalue weighted by molar-refractivity contribution is 7.99. The number of nitrogens with one attached hydrogen (secondary N) is 1. The van der Waals surface area contributed by atoms with Gasteiger partial charge < -0.3 is 15.2 Å². The van der Waals surface area contributed by atoms with Crippen LogP contribution >= 0.6 is 34.7 Å². The fraction of sp³-hybridized carbons (Fsp3) is 0.440. The van der Waals surface area contributed by atoms with E-state index in [1.165, 1.54) is 35.2 Å². The fourth-order valence-electron chi connectivity index (χ4n) is 4.49. The standard InChI is InChI=1S/C25H27ClF2N4O4S2/c1-2-36-25(35)21-19(11-32-10-15(28)3-5-16(32)12-37-13-20(33)34)30-23(24-29-7-8-38-24)31-22(21)17-6-4-14(27)9-18(17)26/h4,6-9,15-16,22H,2-3,5,10-13H2,1H3,(H,30,31)(H,33,34). The number of carbonyl (C=O) groups excluding carboxylic acids is 1. The molecular formula is C25H27ClF2N4O4S2. The number of thiazole rings is 1. The van der Waals surface area contributed by atoms with Crippen molar-refractivity contribution in [1.29, 1.82) is 0 Å². The van der Waals surface area contributed by atoms with Crippen LogP contribution in [-0.2, 0) is 14.3 Å². The number of piperidine rings is 1. The molecular weight excluding hydrogens is 558 g/mol. The number of carboxylic acids is 1. The largest absolute Gasteiger partial charge is 0.481 e. The highest BCUT2D eigenvalue weighted by atomic mass is 35.5. The number of amidine groups is 1. The molecule has 1 fully saturated rings. The Morgan fingerprint density at radius 1 is 1.37 bits per heavy atom. The fourth-order valence-corrected chi connectivity index (χ4v) is 6.29. The number of rotatable bonds is 10. The molecule has 2 aliphatic heterocycles. The molecule has 0 amide bonds. The zero-order valence-corrected chi connectivity index (χ0v) is 22.9. The van der Waals surface area contributed by atoms with Crippen molar-refractivity contribution >= 4 is 52.5 Å². The average Bonchev–Trinajstić information content (AvgIpc) is 3.40. The Labute approximate surface area is 232 Å². The maximum absolute atomic E-state index is 14.6. The van der Waals surface area contributed by atoms with Crippen LogP contribution in [0.3, 0.4) is 0 Å². The lowest BCUT2D eigenvalue weighted by Gasteiger charge is -2.39. The van der Waals surface area contributed by atoms with E-state index in [9.17, 15) is 18.4 Å². The van der Waals surface area contributed by atoms with Crippen molar-refractivity contribution in [2.24, 2.45) is 4.99 Å². The topological polar surface area (TPSA) is 104 Å². The molecule has 3 heterocycles. The summed E-state index contributed by atoms with van der Waals surface area (Å²) in [7, 11) is 0. The number of carboxylic acid groups (broad SMARTS) is 1. The average molecular weight is 585 g/mol. The number of nitrogens with zero attached hydrogens (tertiary/aromatic N) is 3. The van der Waals surface area contributed by atoms with Gasteiger partial charge in [0.25, 0.3) is 0 Å². The summed E-state index contributed by atoms with van der Waals surface area (Å²) < 4.78 is 33.8. The van der Waals surface area contributed by atoms with Crippen molar-refractivity contribution in [3.63, 3.8) is 0 Å². The number of hydrogen-bond acceptors (Lipinski definition) is 9. The summed E-state index contributed by atoms with van der Waals surface area (Å²) in [4.78, 5) is 35.3. The predicted octanol–water partition coefficient (Wildman–Crippen LogP) is 4.46. The number of hydrogen-bond donors (Lipinski definition) is 2. The summed E-state index contributed by atoms with van der Waals surface area (Å²) in [5.74, 6) is -1.20. The third-order valence-corrected chi connectivity index (χ3v) is 8.35. The highest BCUT2D eigenvalue weighted by Gasteiger charge is 2.37. The monoisotopic (exact) mass is 584 g/mol. The summed E-state index contributed by atoms with van der Waals surface area (Å²) in [5.41, 5.74) is 1.06. The van der Waals surface area contributed by atoms with Crippen molar-refractivity contribution in [3.8, 4) is 0 Å². The molecule has 0 radical (unpaired) electrons. The second-order valence-electron chi connectivity index (χ2n) is 8.79. The van der Waals surface area contributed by atoms with Crippen molar-refractivity contribution in [2.45, 2.75) is 38.0 Å². The van der Waals surface area contributed by atoms with Crippen LogP contribution < -0.4 is 5.32 Å². The van der Waals surface area contributed by atoms with Gasteiger partial charge in [-0.3, -0.25) is 14.7 Å². The summed E-state index contributed by atoms with van der Waals surface area (Å²) in [6.07, 6.45) is 1.50. The number of halogens is 3. The van der Waals surface area contributed by atoms with Crippen LogP contribution in [0.2, 0.25) is 5.02 Å². The van der Waals surface area contributed by atoms with Crippen LogP contribution in [-0.4, -0.2) is 76.2 Å². The summed E-state index contributed by atoms with van der Waals surface area (Å²) in [5, 5.41) is 14.7. The number of esters is 1. The zero-order valence-electron chi connectivity index (χ0n) is 20.5. The molecule has 2 N–H and O–H groups in total. The number of aromatic nitrogens is 1. The number of ether oxygens (including phenoxy) is 1. The van der Waals surface area contributed by atoms with E-state index >= 15 is 0 Å². The van der Waals surface area contributed by atoms with E-state index in [4.69, 9.17) is 26.4 Å². The number of benzene rings is 1. The molecule has 0 bridgehead atoms. The van der Waals surface area contributed by atoms with Crippen LogP contribution in [0.25, 0.3) is 0 Å². The van der Waals surface area contributed by atoms with Gasteiger partial charge >= 0.3 is 11.9 Å². The van der Waals surface area contributed by atoms with Gasteiger partial charge in [-0.15, -0.1) is 23.1 Å². The first kappa shape index (κ1) is 28.5. The first-order chi connectivity index (χ1) is 18.3. The lowest BCUT2D eigenvalue weighted by atomic mass is 9.94. The Morgan fingerprint density at radius 2 is 2.18 bits per heavy atom. The zero-order chi connectivity index (χ0) is 27.2. The molecule has 8 nitrogen and oxygen atoms in total. The van der Waals surface area contributed by atoms with Crippen LogP contribution in [0.4, 0.5) is 8.78 Å². The number of thioether (sulfide) groups is 1. The SMILES string of the molecule is CCOC(=O)C1=C(CN2CC(F)CCC2CSCC(=O)O)NC(c2nccs2)=NC1c1ccc(F)cc1Cl. The van der Waals surface area contributed by atoms with Crippen molar-refractivity contribution in [2.75, 3.05) is 31.2 Å². The number of likely N-dealkylation sites (tertiary alicyclic amines) is 1. The van der Waals surface area contributed by atoms with Gasteiger partial charge in [0.15, 0.2) is 10.8 Å². The molecule has 4 rings (SSSR count). The van der Waals surface area contributed by atoms with Gasteiger partial charge in [-0.25, -0.2) is 18.6 Å². The molecule has 204 valence electrons. The van der Waals surface area contributed by atoms with E-state index in [0.717, 1.165) is 6.07 Å². The van der Waals surface area contributed by atoms with Crippen LogP contribution in [0.5, 0.6) is 0 Å². The van der Waals surface area contributed by atoms with Gasteiger partial charge in [0.05, 0.1) is 17.9 Å². The molecule has 0 spiro atoms. The third-order valence-electron chi connectivity index (χ3n) is 6.17. The van der Waals surface area contributed by atoms with Gasteiger partial charge in [-0.1, -0.05) is 17.7 Å². The molecule has 13 heteroatoms. The number of carbonyl (C=O) groups is 2. The van der Waals surface area contributed by atoms with Crippen LogP contribution in [0, 0.1) is 5.82 Å². The number of aliphatic carboxylic acids is 1. The second-order valence-corrected chi connectivity index (χ2v) is 11.1. The molecule has 2 aromatic rings. The van der Waals surface area contributed by atoms with Gasteiger partial charge in [0, 0.05) is 52.7 Å². The smallest absolute Gasteiger partial charge is 0.338 e. The highest BCUT2D eigenvalue weighted by Crippen LogP contribution is 2.37. The van der Waals surface area contributed by atoms with Crippen molar-refractivity contribution in [1.82, 2.24) is 15.2 Å². The summed E-state index contributed by atoms with van der Waals surface area (Å²) >= 11 is 9.04. The number of aliphatic imine (C=N–C) groups is 1. The van der Waals surface area contributed by atoms with Gasteiger partial charge in [-0.2, -0.15) is 0 Å². The minimum absolute atomic E-state index is 0.0512. The van der Waals surface area contributed by atoms with E-state index in [0.29, 0.717) is 40.7 Å². The first-order valence-corrected chi connectivity index (χ1v) is 14.5. The third kappa shape index (κ3) is 6.90. The summed E-state index contributed by atoms with van der Waals surface area (Å²) in [6, 6.07) is 2.88. The maximum Gasteiger partial charge on any atom is 0.338 e. The van der Waals surface area contributed by atoms with E-state index in [1.807, 2.05) is 4.90 Å². The molecule has 1 saturated heterocycles. The first-order valence-electron chi connectivity index (χ1n) is 12.0. The molecule has 3 atom stereocenters. The van der Waals surface area contributed by atoms with Crippen LogP contribution in [0.1, 0.15) is 36.4 Å². The molecule has 0 aliphatic carbocycles. The Morgan fingerprint density at radius 3 is 2.87 bits per heavy atom. The van der Waals surface area contributed by atoms with Gasteiger partial charge in [-0.05, 0) is 31.9 Å². The molecule has 38 heavy (non-hydrogen) atoms. The van der Waals surface area contributed by atoms with Gasteiger partial charge in [0.1, 0.15) is 18.0 Å². The van der Waals surface area contributed by atoms with E-state index in [1.54, 1.807) is 18.5 Å². The van der Waals surface area contributed by atoms with E-state index in [-0.39, 0.29) is 42.1 Å².